The molecule has 0 aliphatic carbocycles. The standard InChI is InChI=1S/C50H77FN8O12S/c1-12-36-50(9,65)43-29(5)39(57-38(60)13-2)27(3)21-48(7,42(30(6)41(62)49(8,51)47(64)70-36)71-46-40(61)35(59(10)11)20-28(4)69-46)67-24-33(23-66-43)58-68-25-32-18-17-31(22-54-32)45-56-37(26-72-45)55-44(63)34(53)16-14-15-19-52/h17-18,22,26-28,30,34-36,40,42-43,46,61,65H,12-16,19-21,23-25,52-53H2,1-11H3,(H,55,63)(H,57,60)/b39-29+,58-33?/t27-,28-,30+,34+,35+,36-,40-,42-,43-,46+,48-,49+,50-/m1/s1. The number of nitrogens with two attached hydrogens (primary N) is 2. The minimum Gasteiger partial charge on any atom is -0.457 e. The molecule has 20 nitrogen and oxygen atoms in total. The fourth-order valence-corrected chi connectivity index (χ4v) is 10.4. The molecule has 5 heterocycles. The van der Waals surface area contributed by atoms with Crippen molar-refractivity contribution in [3.63, 3.8) is 0 Å². The number of aliphatic hydroxyl groups is 2. The van der Waals surface area contributed by atoms with Gasteiger partial charge in [0.05, 0.1) is 42.8 Å². The molecule has 0 radical (unpaired) electrons. The third-order valence-corrected chi connectivity index (χ3v) is 14.7. The summed E-state index contributed by atoms with van der Waals surface area (Å²) in [7, 11) is 3.62. The number of halogens is 1. The highest BCUT2D eigenvalue weighted by molar-refractivity contribution is 7.13. The van der Waals surface area contributed by atoms with Crippen LogP contribution in [-0.2, 0) is 54.3 Å². The molecule has 2 aromatic rings. The predicted molar refractivity (Wildman–Crippen MR) is 268 cm³/mol. The number of allylic oxidation sites excluding steroid dienone is 1. The van der Waals surface area contributed by atoms with E-state index in [9.17, 15) is 29.4 Å². The Hall–Kier alpha value is -4.36. The Morgan fingerprint density at radius 3 is 2.47 bits per heavy atom. The Bertz CT molecular complexity index is 2240. The second-order valence-corrected chi connectivity index (χ2v) is 21.0. The number of carbonyl (C=O) groups is 4. The summed E-state index contributed by atoms with van der Waals surface area (Å²) in [6.45, 7) is 13.7. The molecule has 0 saturated carbocycles. The highest BCUT2D eigenvalue weighted by Crippen LogP contribution is 2.41. The third kappa shape index (κ3) is 14.1. The minimum absolute atomic E-state index is 0.0128. The van der Waals surface area contributed by atoms with Gasteiger partial charge >= 0.3 is 5.97 Å². The Kier molecular flexibility index (Phi) is 20.5. The molecule has 1 saturated heterocycles. The van der Waals surface area contributed by atoms with E-state index in [0.29, 0.717) is 52.7 Å². The second kappa shape index (κ2) is 25.2. The van der Waals surface area contributed by atoms with Crippen LogP contribution in [0.25, 0.3) is 10.6 Å². The van der Waals surface area contributed by atoms with Gasteiger partial charge in [0.25, 0.3) is 5.67 Å². The number of nitrogens with zero attached hydrogens (tertiary/aromatic N) is 4. The first-order valence-corrected chi connectivity index (χ1v) is 25.7. The van der Waals surface area contributed by atoms with Crippen molar-refractivity contribution in [1.82, 2.24) is 20.2 Å². The number of cyclic esters (lactones) is 1. The second-order valence-electron chi connectivity index (χ2n) is 20.1. The molecule has 402 valence electrons. The van der Waals surface area contributed by atoms with E-state index in [1.54, 1.807) is 51.4 Å². The zero-order valence-electron chi connectivity index (χ0n) is 43.6. The van der Waals surface area contributed by atoms with Crippen LogP contribution in [0.1, 0.15) is 113 Å². The molecule has 5 rings (SSSR count). The van der Waals surface area contributed by atoms with Gasteiger partial charge in [-0.25, -0.2) is 14.2 Å². The number of likely N-dealkylation sites (N-methyl/N-ethyl adjacent to an activating group) is 1. The average Bonchev–Trinajstić information content (AvgIpc) is 3.80. The summed E-state index contributed by atoms with van der Waals surface area (Å²) in [5.74, 6) is -5.14. The molecule has 2 amide bonds. The van der Waals surface area contributed by atoms with E-state index in [4.69, 9.17) is 40.0 Å². The van der Waals surface area contributed by atoms with E-state index in [-0.39, 0.29) is 56.6 Å². The van der Waals surface area contributed by atoms with Gasteiger partial charge in [0, 0.05) is 41.2 Å². The molecule has 3 aliphatic rings. The van der Waals surface area contributed by atoms with Crippen LogP contribution < -0.4 is 22.1 Å². The Balaban J connectivity index is 1.55. The van der Waals surface area contributed by atoms with E-state index >= 15 is 4.39 Å². The number of amides is 2. The number of hydrogen-bond donors (Lipinski definition) is 6. The first kappa shape index (κ1) is 58.5. The van der Waals surface area contributed by atoms with Crippen LogP contribution in [-0.4, -0.2) is 154 Å². The topological polar surface area (TPSA) is 282 Å². The molecule has 1 fully saturated rings. The molecular formula is C50H77FN8O12S. The van der Waals surface area contributed by atoms with Gasteiger partial charge in [-0.05, 0) is 111 Å². The van der Waals surface area contributed by atoms with Gasteiger partial charge in [-0.2, -0.15) is 0 Å². The number of ether oxygens (including phenoxy) is 5. The molecule has 0 unspecified atom stereocenters. The monoisotopic (exact) mass is 1030 g/mol. The molecule has 0 aromatic carbocycles. The normalized spacial score (nSPS) is 34.1. The first-order valence-electron chi connectivity index (χ1n) is 24.8. The third-order valence-electron chi connectivity index (χ3n) is 13.8. The SMILES string of the molecule is CCC(=O)N/C1=C(\C)[C@H]2OCC(=NOCc3ccc(-c4nc(NC(=O)[C@@H](N)CCCCN)cs4)cn3)CO[C@](C)(C[C@H]1C)[C@H](O[C@@H]1O[C@H](C)C[C@H](N(C)C)[C@H]1O)[C@@H](C)C(=O)[C@](C)(F)C(=O)O[C@H](CC)[C@@]2(C)O. The number of esters is 1. The van der Waals surface area contributed by atoms with Crippen molar-refractivity contribution in [1.29, 1.82) is 0 Å². The molecule has 13 atom stereocenters. The number of ketones is 1. The highest BCUT2D eigenvalue weighted by atomic mass is 32.1. The van der Waals surface area contributed by atoms with E-state index in [1.165, 1.54) is 25.2 Å². The number of hydrogen-bond acceptors (Lipinski definition) is 19. The Morgan fingerprint density at radius 1 is 1.11 bits per heavy atom. The van der Waals surface area contributed by atoms with Crippen molar-refractivity contribution in [2.75, 3.05) is 39.2 Å². The van der Waals surface area contributed by atoms with Crippen LogP contribution in [0.4, 0.5) is 10.2 Å². The fourth-order valence-electron chi connectivity index (χ4n) is 9.64. The van der Waals surface area contributed by atoms with Gasteiger partial charge in [0.15, 0.2) is 18.7 Å². The lowest BCUT2D eigenvalue weighted by molar-refractivity contribution is -0.296. The lowest BCUT2D eigenvalue weighted by Crippen LogP contribution is -2.61. The molecule has 2 aromatic heterocycles. The molecule has 3 aliphatic heterocycles. The van der Waals surface area contributed by atoms with E-state index in [0.717, 1.165) is 19.8 Å². The number of oxime groups is 1. The number of unbranched alkanes of at least 4 members (excludes halogenated alkanes) is 1. The van der Waals surface area contributed by atoms with Crippen LogP contribution in [0.15, 0.2) is 40.1 Å². The smallest absolute Gasteiger partial charge is 0.351 e. The summed E-state index contributed by atoms with van der Waals surface area (Å²) in [5, 5.41) is 36.8. The van der Waals surface area contributed by atoms with Crippen molar-refractivity contribution >= 4 is 46.4 Å². The highest BCUT2D eigenvalue weighted by Gasteiger charge is 2.56. The number of alkyl halides is 1. The number of aliphatic hydroxyl groups excluding tert-OH is 1. The quantitative estimate of drug-likeness (QED) is 0.0592. The molecule has 2 bridgehead atoms. The molecular weight excluding hydrogens is 956 g/mol. The molecule has 22 heteroatoms. The van der Waals surface area contributed by atoms with Gasteiger partial charge in [-0.3, -0.25) is 19.4 Å². The number of rotatable bonds is 16. The molecule has 8 N–H and O–H groups in total. The first-order chi connectivity index (χ1) is 33.9. The van der Waals surface area contributed by atoms with Gasteiger partial charge in [-0.15, -0.1) is 11.3 Å². The maximum Gasteiger partial charge on any atom is 0.351 e. The number of thiazole rings is 1. The summed E-state index contributed by atoms with van der Waals surface area (Å²) in [5.41, 5.74) is 6.71. The van der Waals surface area contributed by atoms with E-state index in [2.05, 4.69) is 25.8 Å². The molecule has 72 heavy (non-hydrogen) atoms. The van der Waals surface area contributed by atoms with Crippen LogP contribution in [0.2, 0.25) is 0 Å². The predicted octanol–water partition coefficient (Wildman–Crippen LogP) is 4.30. The van der Waals surface area contributed by atoms with Crippen LogP contribution >= 0.6 is 11.3 Å². The van der Waals surface area contributed by atoms with Crippen molar-refractivity contribution in [2.24, 2.45) is 28.5 Å². The number of aromatic nitrogens is 2. The lowest BCUT2D eigenvalue weighted by Gasteiger charge is -2.47. The number of carbonyl (C=O) groups excluding carboxylic acids is 4. The lowest BCUT2D eigenvalue weighted by atomic mass is 9.76. The summed E-state index contributed by atoms with van der Waals surface area (Å²) in [6, 6.07) is 2.42. The Labute approximate surface area is 426 Å². The van der Waals surface area contributed by atoms with Crippen LogP contribution in [0, 0.1) is 11.8 Å². The van der Waals surface area contributed by atoms with E-state index in [1.807, 2.05) is 32.8 Å². The Morgan fingerprint density at radius 2 is 1.83 bits per heavy atom. The number of anilines is 1. The van der Waals surface area contributed by atoms with Crippen LogP contribution in [0.5, 0.6) is 0 Å². The van der Waals surface area contributed by atoms with Gasteiger partial charge in [0.1, 0.15) is 40.5 Å². The van der Waals surface area contributed by atoms with Crippen molar-refractivity contribution in [3.8, 4) is 10.6 Å². The minimum atomic E-state index is -3.25. The maximum atomic E-state index is 17.0. The number of nitrogens with one attached hydrogen (secondary N) is 2. The summed E-state index contributed by atoms with van der Waals surface area (Å²) in [4.78, 5) is 71.3. The zero-order valence-corrected chi connectivity index (χ0v) is 44.4. The van der Waals surface area contributed by atoms with Crippen molar-refractivity contribution < 1.29 is 62.3 Å². The summed E-state index contributed by atoms with van der Waals surface area (Å²) in [6.07, 6.45) is -3.04. The van der Waals surface area contributed by atoms with Gasteiger partial charge in [-0.1, -0.05) is 39.3 Å². The number of Topliss-reactive ketones (excluding diaryl/α,β-unsaturated/α-hetero) is 1. The number of pyridine rings is 1. The largest absolute Gasteiger partial charge is 0.457 e. The maximum absolute atomic E-state index is 17.0. The summed E-state index contributed by atoms with van der Waals surface area (Å²) < 4.78 is 49.1. The van der Waals surface area contributed by atoms with Crippen molar-refractivity contribution in [3.05, 3.63) is 40.7 Å². The average molecular weight is 1030 g/mol. The van der Waals surface area contributed by atoms with Gasteiger partial charge in [0.2, 0.25) is 11.8 Å². The molecule has 0 spiro atoms. The summed E-state index contributed by atoms with van der Waals surface area (Å²) >= 11 is 1.32. The van der Waals surface area contributed by atoms with Crippen LogP contribution in [0.3, 0.4) is 0 Å². The number of fused-ring (bicyclic) bond motifs is 4. The van der Waals surface area contributed by atoms with Crippen molar-refractivity contribution in [2.45, 2.75) is 180 Å². The van der Waals surface area contributed by atoms with Gasteiger partial charge < -0.3 is 65.7 Å². The zero-order chi connectivity index (χ0) is 53.3. The fraction of sp³-hybridized carbons (Fsp3) is 0.700. The van der Waals surface area contributed by atoms with E-state index < -0.39 is 89.4 Å².